The van der Waals surface area contributed by atoms with Gasteiger partial charge in [-0.05, 0) is 12.8 Å². The number of ether oxygens (including phenoxy) is 1. The Kier molecular flexibility index (Phi) is 4.01. The quantitative estimate of drug-likeness (QED) is 0.793. The summed E-state index contributed by atoms with van der Waals surface area (Å²) in [6.07, 6.45) is 8.06. The van der Waals surface area contributed by atoms with Gasteiger partial charge in [0.2, 0.25) is 0 Å². The fraction of sp³-hybridized carbons (Fsp3) is 0.667. The van der Waals surface area contributed by atoms with Gasteiger partial charge in [0, 0.05) is 20.1 Å². The molecule has 94 valence electrons. The van der Waals surface area contributed by atoms with Crippen LogP contribution in [0.25, 0.3) is 0 Å². The summed E-state index contributed by atoms with van der Waals surface area (Å²) in [5.74, 6) is 0.728. The molecule has 0 N–H and O–H groups in total. The van der Waals surface area contributed by atoms with Crippen LogP contribution < -0.4 is 4.74 Å². The summed E-state index contributed by atoms with van der Waals surface area (Å²) in [4.78, 5) is 13.8. The lowest BCUT2D eigenvalue weighted by Crippen LogP contribution is -2.35. The van der Waals surface area contributed by atoms with Crippen LogP contribution in [0, 0.1) is 0 Å². The lowest BCUT2D eigenvalue weighted by atomic mass is 10.2. The van der Waals surface area contributed by atoms with Gasteiger partial charge in [0.05, 0.1) is 12.4 Å². The number of hydrogen-bond donors (Lipinski definition) is 0. The van der Waals surface area contributed by atoms with Gasteiger partial charge >= 0.3 is 0 Å². The van der Waals surface area contributed by atoms with Gasteiger partial charge in [-0.1, -0.05) is 12.8 Å². The second kappa shape index (κ2) is 5.70. The van der Waals surface area contributed by atoms with E-state index >= 15 is 0 Å². The molecule has 1 aliphatic rings. The van der Waals surface area contributed by atoms with E-state index in [2.05, 4.69) is 5.10 Å². The number of nitrogens with zero attached hydrogens (tertiary/aromatic N) is 3. The predicted octanol–water partition coefficient (Wildman–Crippen LogP) is 1.20. The maximum Gasteiger partial charge on any atom is 0.260 e. The van der Waals surface area contributed by atoms with Gasteiger partial charge in [-0.3, -0.25) is 9.48 Å². The Morgan fingerprint density at radius 1 is 1.35 bits per heavy atom. The number of aryl methyl sites for hydroxylation is 1. The molecule has 1 aromatic rings. The zero-order chi connectivity index (χ0) is 12.1. The summed E-state index contributed by atoms with van der Waals surface area (Å²) >= 11 is 0. The molecule has 2 rings (SSSR count). The number of likely N-dealkylation sites (tertiary alicyclic amines) is 1. The van der Waals surface area contributed by atoms with E-state index in [1.54, 1.807) is 17.1 Å². The molecule has 1 amide bonds. The lowest BCUT2D eigenvalue weighted by Gasteiger charge is -2.19. The van der Waals surface area contributed by atoms with E-state index in [1.165, 1.54) is 12.8 Å². The van der Waals surface area contributed by atoms with Crippen molar-refractivity contribution in [1.82, 2.24) is 14.7 Å². The Labute approximate surface area is 101 Å². The van der Waals surface area contributed by atoms with Gasteiger partial charge < -0.3 is 9.64 Å². The van der Waals surface area contributed by atoms with Crippen LogP contribution in [0.1, 0.15) is 25.7 Å². The maximum absolute atomic E-state index is 11.9. The molecule has 0 bridgehead atoms. The second-order valence-corrected chi connectivity index (χ2v) is 4.43. The Hall–Kier alpha value is -1.52. The number of carbonyl (C=O) groups is 1. The molecule has 0 unspecified atom stereocenters. The fourth-order valence-corrected chi connectivity index (χ4v) is 2.03. The molecule has 5 nitrogen and oxygen atoms in total. The predicted molar refractivity (Wildman–Crippen MR) is 63.8 cm³/mol. The minimum Gasteiger partial charge on any atom is -0.480 e. The molecule has 0 saturated carbocycles. The van der Waals surface area contributed by atoms with Crippen LogP contribution in [0.4, 0.5) is 0 Å². The minimum atomic E-state index is 0.0794. The topological polar surface area (TPSA) is 47.4 Å². The molecule has 0 spiro atoms. The van der Waals surface area contributed by atoms with Crippen LogP contribution in [0.3, 0.4) is 0 Å². The molecule has 2 heterocycles. The molecule has 1 aliphatic heterocycles. The smallest absolute Gasteiger partial charge is 0.260 e. The summed E-state index contributed by atoms with van der Waals surface area (Å²) < 4.78 is 7.07. The molecule has 1 aromatic heterocycles. The molecule has 0 aromatic carbocycles. The van der Waals surface area contributed by atoms with Crippen molar-refractivity contribution in [2.45, 2.75) is 25.7 Å². The average molecular weight is 237 g/mol. The van der Waals surface area contributed by atoms with Crippen molar-refractivity contribution in [2.75, 3.05) is 19.7 Å². The Morgan fingerprint density at radius 3 is 2.65 bits per heavy atom. The van der Waals surface area contributed by atoms with Gasteiger partial charge in [-0.25, -0.2) is 0 Å². The lowest BCUT2D eigenvalue weighted by molar-refractivity contribution is -0.133. The summed E-state index contributed by atoms with van der Waals surface area (Å²) in [5, 5.41) is 3.99. The molecule has 5 heteroatoms. The molecule has 0 aliphatic carbocycles. The van der Waals surface area contributed by atoms with E-state index in [0.717, 1.165) is 25.9 Å². The first-order valence-corrected chi connectivity index (χ1v) is 6.15. The highest BCUT2D eigenvalue weighted by atomic mass is 16.5. The van der Waals surface area contributed by atoms with E-state index in [4.69, 9.17) is 4.74 Å². The highest BCUT2D eigenvalue weighted by Crippen LogP contribution is 2.11. The van der Waals surface area contributed by atoms with E-state index in [0.29, 0.717) is 5.75 Å². The molecular weight excluding hydrogens is 218 g/mol. The molecule has 0 atom stereocenters. The van der Waals surface area contributed by atoms with E-state index < -0.39 is 0 Å². The second-order valence-electron chi connectivity index (χ2n) is 4.43. The van der Waals surface area contributed by atoms with Gasteiger partial charge in [-0.15, -0.1) is 0 Å². The van der Waals surface area contributed by atoms with Crippen LogP contribution in [0.2, 0.25) is 0 Å². The van der Waals surface area contributed by atoms with Crippen molar-refractivity contribution in [1.29, 1.82) is 0 Å². The SMILES string of the molecule is Cn1cc(OCC(=O)N2CCCCCC2)cn1. The monoisotopic (exact) mass is 237 g/mol. The van der Waals surface area contributed by atoms with Crippen LogP contribution >= 0.6 is 0 Å². The van der Waals surface area contributed by atoms with Crippen molar-refractivity contribution in [3.63, 3.8) is 0 Å². The number of rotatable bonds is 3. The first-order valence-electron chi connectivity index (χ1n) is 6.15. The Balaban J connectivity index is 1.79. The molecular formula is C12H19N3O2. The first-order chi connectivity index (χ1) is 8.25. The number of aromatic nitrogens is 2. The normalized spacial score (nSPS) is 16.6. The van der Waals surface area contributed by atoms with E-state index in [9.17, 15) is 4.79 Å². The zero-order valence-electron chi connectivity index (χ0n) is 10.3. The number of hydrogen-bond acceptors (Lipinski definition) is 3. The third kappa shape index (κ3) is 3.47. The highest BCUT2D eigenvalue weighted by Gasteiger charge is 2.15. The molecule has 17 heavy (non-hydrogen) atoms. The third-order valence-corrected chi connectivity index (χ3v) is 3.00. The summed E-state index contributed by atoms with van der Waals surface area (Å²) in [6, 6.07) is 0. The first kappa shape index (κ1) is 12.0. The third-order valence-electron chi connectivity index (χ3n) is 3.00. The van der Waals surface area contributed by atoms with E-state index in [1.807, 2.05) is 11.9 Å². The fourth-order valence-electron chi connectivity index (χ4n) is 2.03. The van der Waals surface area contributed by atoms with Crippen LogP contribution in [0.5, 0.6) is 5.75 Å². The Morgan fingerprint density at radius 2 is 2.06 bits per heavy atom. The van der Waals surface area contributed by atoms with Crippen LogP contribution in [-0.4, -0.2) is 40.3 Å². The van der Waals surface area contributed by atoms with Crippen molar-refractivity contribution in [3.05, 3.63) is 12.4 Å². The van der Waals surface area contributed by atoms with Crippen molar-refractivity contribution < 1.29 is 9.53 Å². The number of amides is 1. The highest BCUT2D eigenvalue weighted by molar-refractivity contribution is 5.77. The summed E-state index contributed by atoms with van der Waals surface area (Å²) in [6.45, 7) is 1.86. The van der Waals surface area contributed by atoms with Gasteiger partial charge in [0.25, 0.3) is 5.91 Å². The van der Waals surface area contributed by atoms with Crippen LogP contribution in [0.15, 0.2) is 12.4 Å². The molecule has 1 fully saturated rings. The van der Waals surface area contributed by atoms with Gasteiger partial charge in [0.15, 0.2) is 12.4 Å². The largest absolute Gasteiger partial charge is 0.480 e. The zero-order valence-corrected chi connectivity index (χ0v) is 10.3. The molecule has 1 saturated heterocycles. The average Bonchev–Trinajstić information content (AvgIpc) is 2.58. The standard InChI is InChI=1S/C12H19N3O2/c1-14-9-11(8-13-14)17-10-12(16)15-6-4-2-3-5-7-15/h8-9H,2-7,10H2,1H3. The molecule has 0 radical (unpaired) electrons. The summed E-state index contributed by atoms with van der Waals surface area (Å²) in [5.41, 5.74) is 0. The van der Waals surface area contributed by atoms with Crippen molar-refractivity contribution in [3.8, 4) is 5.75 Å². The van der Waals surface area contributed by atoms with E-state index in [-0.39, 0.29) is 12.5 Å². The van der Waals surface area contributed by atoms with Crippen LogP contribution in [-0.2, 0) is 11.8 Å². The van der Waals surface area contributed by atoms with Gasteiger partial charge in [0.1, 0.15) is 0 Å². The van der Waals surface area contributed by atoms with Crippen molar-refractivity contribution >= 4 is 5.91 Å². The number of carbonyl (C=O) groups excluding carboxylic acids is 1. The van der Waals surface area contributed by atoms with Crippen molar-refractivity contribution in [2.24, 2.45) is 7.05 Å². The summed E-state index contributed by atoms with van der Waals surface area (Å²) in [7, 11) is 1.82. The van der Waals surface area contributed by atoms with Gasteiger partial charge in [-0.2, -0.15) is 5.10 Å². The maximum atomic E-state index is 11.9. The Bertz CT molecular complexity index is 368. The minimum absolute atomic E-state index is 0.0794.